The lowest BCUT2D eigenvalue weighted by Gasteiger charge is -2.26. The number of amides is 1. The summed E-state index contributed by atoms with van der Waals surface area (Å²) in [4.78, 5) is 18.0. The van der Waals surface area contributed by atoms with Gasteiger partial charge in [0.15, 0.2) is 0 Å². The molecular weight excluding hydrogens is 303 g/mol. The minimum Gasteiger partial charge on any atom is -0.344 e. The molecule has 0 bridgehead atoms. The summed E-state index contributed by atoms with van der Waals surface area (Å²) < 4.78 is -0.943. The van der Waals surface area contributed by atoms with E-state index in [2.05, 4.69) is 10.3 Å². The number of aromatic nitrogens is 1. The van der Waals surface area contributed by atoms with Gasteiger partial charge >= 0.3 is 0 Å². The number of hydrogen-bond acceptors (Lipinski definition) is 3. The molecule has 3 nitrogen and oxygen atoms in total. The molecule has 6 heteroatoms. The molecule has 1 heterocycles. The average molecular weight is 321 g/mol. The van der Waals surface area contributed by atoms with Crippen molar-refractivity contribution in [3.8, 4) is 0 Å². The molecule has 19 heavy (non-hydrogen) atoms. The summed E-state index contributed by atoms with van der Waals surface area (Å²) in [6, 6.07) is 0. The van der Waals surface area contributed by atoms with Crippen LogP contribution in [-0.2, 0) is 10.3 Å². The Kier molecular flexibility index (Phi) is 3.44. The molecule has 1 aliphatic rings. The van der Waals surface area contributed by atoms with E-state index in [1.165, 1.54) is 4.88 Å². The Morgan fingerprint density at radius 1 is 1.42 bits per heavy atom. The lowest BCUT2D eigenvalue weighted by molar-refractivity contribution is -0.127. The van der Waals surface area contributed by atoms with Crippen LogP contribution in [0.25, 0.3) is 0 Å². The van der Waals surface area contributed by atoms with Gasteiger partial charge in [-0.25, -0.2) is 4.98 Å². The van der Waals surface area contributed by atoms with Gasteiger partial charge in [0.2, 0.25) is 5.91 Å². The van der Waals surface area contributed by atoms with E-state index < -0.39 is 15.3 Å². The summed E-state index contributed by atoms with van der Waals surface area (Å²) in [5.74, 6) is -0.118. The van der Waals surface area contributed by atoms with Crippen LogP contribution in [0.1, 0.15) is 42.8 Å². The Balaban J connectivity index is 2.16. The molecule has 1 fully saturated rings. The van der Waals surface area contributed by atoms with Gasteiger partial charge in [0.25, 0.3) is 0 Å². The number of hydrogen-bond donors (Lipinski definition) is 1. The molecule has 0 aliphatic heterocycles. The van der Waals surface area contributed by atoms with Gasteiger partial charge in [0, 0.05) is 4.88 Å². The number of nitrogens with one attached hydrogen (secondary N) is 1. The maximum atomic E-state index is 12.3. The van der Waals surface area contributed by atoms with Gasteiger partial charge in [-0.15, -0.1) is 34.5 Å². The number of carbonyl (C=O) groups is 1. The second-order valence-electron chi connectivity index (χ2n) is 5.95. The second kappa shape index (κ2) is 4.34. The van der Waals surface area contributed by atoms with E-state index in [1.807, 2.05) is 27.7 Å². The third-order valence-electron chi connectivity index (χ3n) is 3.75. The fourth-order valence-electron chi connectivity index (χ4n) is 1.86. The monoisotopic (exact) mass is 320 g/mol. The number of rotatable bonds is 3. The molecule has 0 saturated heterocycles. The Labute approximate surface area is 127 Å². The zero-order chi connectivity index (χ0) is 14.6. The Morgan fingerprint density at radius 2 is 1.95 bits per heavy atom. The number of halogens is 2. The molecule has 106 valence electrons. The first-order valence-electron chi connectivity index (χ1n) is 6.14. The first-order chi connectivity index (χ1) is 8.49. The molecule has 0 radical (unpaired) electrons. The van der Waals surface area contributed by atoms with E-state index in [0.717, 1.165) is 10.7 Å². The lowest BCUT2D eigenvalue weighted by atomic mass is 10.0. The topological polar surface area (TPSA) is 42.0 Å². The van der Waals surface area contributed by atoms with Crippen LogP contribution in [0.5, 0.6) is 0 Å². The van der Waals surface area contributed by atoms with Crippen molar-refractivity contribution in [1.82, 2.24) is 10.3 Å². The number of nitrogens with zero attached hydrogens (tertiary/aromatic N) is 1. The molecule has 1 amide bonds. The summed E-state index contributed by atoms with van der Waals surface area (Å²) in [5, 5.41) is 3.91. The van der Waals surface area contributed by atoms with Crippen LogP contribution in [0.3, 0.4) is 0 Å². The Bertz CT molecular complexity index is 519. The standard InChI is InChI=1S/C13H18Cl2N2OS/c1-7-8(2)19-10(16-7)11(3,4)17-9(18)12(5)6-13(12,14)15/h6H2,1-5H3,(H,17,18)/t12-/m1/s1. The zero-order valence-corrected chi connectivity index (χ0v) is 14.1. The van der Waals surface area contributed by atoms with Crippen LogP contribution in [0.2, 0.25) is 0 Å². The molecule has 1 atom stereocenters. The average Bonchev–Trinajstić information content (AvgIpc) is 2.59. The highest BCUT2D eigenvalue weighted by atomic mass is 35.5. The molecule has 1 saturated carbocycles. The van der Waals surface area contributed by atoms with Crippen LogP contribution < -0.4 is 5.32 Å². The SMILES string of the molecule is Cc1nc(C(C)(C)NC(=O)[C@@]2(C)CC2(Cl)Cl)sc1C. The number of thiazole rings is 1. The third-order valence-corrected chi connectivity index (χ3v) is 6.25. The summed E-state index contributed by atoms with van der Waals surface area (Å²) in [5.41, 5.74) is -0.214. The van der Waals surface area contributed by atoms with Crippen LogP contribution in [0.4, 0.5) is 0 Å². The second-order valence-corrected chi connectivity index (χ2v) is 8.64. The van der Waals surface area contributed by atoms with Crippen molar-refractivity contribution >= 4 is 40.4 Å². The molecule has 0 aromatic carbocycles. The van der Waals surface area contributed by atoms with Gasteiger partial charge in [0.05, 0.1) is 16.6 Å². The summed E-state index contributed by atoms with van der Waals surface area (Å²) in [6.07, 6.45) is 0.487. The van der Waals surface area contributed by atoms with Crippen LogP contribution in [0.15, 0.2) is 0 Å². The summed E-state index contributed by atoms with van der Waals surface area (Å²) in [6.45, 7) is 9.67. The lowest BCUT2D eigenvalue weighted by Crippen LogP contribution is -2.45. The molecule has 1 aromatic rings. The normalized spacial score (nSPS) is 25.2. The van der Waals surface area contributed by atoms with Gasteiger partial charge in [0.1, 0.15) is 9.34 Å². The smallest absolute Gasteiger partial charge is 0.229 e. The van der Waals surface area contributed by atoms with Crippen molar-refractivity contribution in [2.24, 2.45) is 5.41 Å². The summed E-state index contributed by atoms with van der Waals surface area (Å²) >= 11 is 13.7. The highest BCUT2D eigenvalue weighted by Gasteiger charge is 2.68. The fourth-order valence-corrected chi connectivity index (χ4v) is 3.54. The summed E-state index contributed by atoms with van der Waals surface area (Å²) in [7, 11) is 0. The van der Waals surface area contributed by atoms with Gasteiger partial charge in [-0.2, -0.15) is 0 Å². The van der Waals surface area contributed by atoms with Crippen molar-refractivity contribution in [1.29, 1.82) is 0 Å². The quantitative estimate of drug-likeness (QED) is 0.863. The van der Waals surface area contributed by atoms with Crippen molar-refractivity contribution in [3.63, 3.8) is 0 Å². The van der Waals surface area contributed by atoms with Crippen molar-refractivity contribution in [3.05, 3.63) is 15.6 Å². The highest BCUT2D eigenvalue weighted by Crippen LogP contribution is 2.64. The highest BCUT2D eigenvalue weighted by molar-refractivity contribution is 7.11. The Hall–Kier alpha value is -0.320. The van der Waals surface area contributed by atoms with Gasteiger partial charge in [-0.05, 0) is 41.0 Å². The predicted molar refractivity (Wildman–Crippen MR) is 79.9 cm³/mol. The Morgan fingerprint density at radius 3 is 2.32 bits per heavy atom. The first kappa shape index (κ1) is 15.1. The first-order valence-corrected chi connectivity index (χ1v) is 7.72. The van der Waals surface area contributed by atoms with Gasteiger partial charge < -0.3 is 5.32 Å². The molecule has 0 unspecified atom stereocenters. The maximum Gasteiger partial charge on any atom is 0.229 e. The van der Waals surface area contributed by atoms with Crippen LogP contribution in [0, 0.1) is 19.3 Å². The third kappa shape index (κ3) is 2.50. The van der Waals surface area contributed by atoms with Crippen LogP contribution in [-0.4, -0.2) is 15.2 Å². The number of alkyl halides is 2. The van der Waals surface area contributed by atoms with Crippen molar-refractivity contribution < 1.29 is 4.79 Å². The largest absolute Gasteiger partial charge is 0.344 e. The van der Waals surface area contributed by atoms with Crippen molar-refractivity contribution in [2.75, 3.05) is 0 Å². The minimum absolute atomic E-state index is 0.118. The molecule has 0 spiro atoms. The molecule has 1 aliphatic carbocycles. The van der Waals surface area contributed by atoms with Gasteiger partial charge in [-0.1, -0.05) is 0 Å². The predicted octanol–water partition coefficient (Wildman–Crippen LogP) is 3.70. The van der Waals surface area contributed by atoms with Crippen LogP contribution >= 0.6 is 34.5 Å². The van der Waals surface area contributed by atoms with E-state index in [9.17, 15) is 4.79 Å². The van der Waals surface area contributed by atoms with E-state index in [0.29, 0.717) is 6.42 Å². The fraction of sp³-hybridized carbons (Fsp3) is 0.692. The minimum atomic E-state index is -0.943. The zero-order valence-electron chi connectivity index (χ0n) is 11.7. The van der Waals surface area contributed by atoms with E-state index in [1.54, 1.807) is 18.3 Å². The molecule has 1 aromatic heterocycles. The van der Waals surface area contributed by atoms with E-state index in [-0.39, 0.29) is 5.91 Å². The molecule has 2 rings (SSSR count). The van der Waals surface area contributed by atoms with E-state index >= 15 is 0 Å². The maximum absolute atomic E-state index is 12.3. The van der Waals surface area contributed by atoms with E-state index in [4.69, 9.17) is 23.2 Å². The number of aryl methyl sites for hydroxylation is 2. The molecular formula is C13H18Cl2N2OS. The van der Waals surface area contributed by atoms with Crippen molar-refractivity contribution in [2.45, 2.75) is 50.9 Å². The molecule has 1 N–H and O–H groups in total. The van der Waals surface area contributed by atoms with Gasteiger partial charge in [-0.3, -0.25) is 4.79 Å². The number of carbonyl (C=O) groups excluding carboxylic acids is 1.